The van der Waals surface area contributed by atoms with Gasteiger partial charge in [-0.2, -0.15) is 0 Å². The summed E-state index contributed by atoms with van der Waals surface area (Å²) in [7, 11) is -2.73. The van der Waals surface area contributed by atoms with Crippen LogP contribution in [0.2, 0.25) is 0 Å². The Morgan fingerprint density at radius 1 is 0.350 bits per heavy atom. The van der Waals surface area contributed by atoms with E-state index in [0.717, 1.165) is 44.7 Å². The number of hydrogen-bond acceptors (Lipinski definition) is 1. The third-order valence-electron chi connectivity index (χ3n) is 12.4. The Kier molecular flexibility index (Phi) is 7.83. The molecule has 0 unspecified atom stereocenters. The predicted octanol–water partition coefficient (Wildman–Crippen LogP) is 10.6. The van der Waals surface area contributed by atoms with Gasteiger partial charge in [0.2, 0.25) is 5.78 Å². The van der Waals surface area contributed by atoms with Crippen molar-refractivity contribution in [1.82, 2.24) is 18.5 Å². The Bertz CT molecular complexity index is 3450. The molecule has 282 valence electrons. The number of imidazole rings is 2. The smallest absolute Gasteiger partial charge is 0.220 e. The first-order chi connectivity index (χ1) is 29.8. The third kappa shape index (κ3) is 5.06. The van der Waals surface area contributed by atoms with Crippen LogP contribution in [0, 0.1) is 0 Å². The van der Waals surface area contributed by atoms with Gasteiger partial charge in [0, 0.05) is 22.0 Å². The minimum Gasteiger partial charge on any atom is -0.309 e. The number of rotatable bonds is 7. The molecule has 3 aromatic heterocycles. The zero-order chi connectivity index (χ0) is 39.6. The van der Waals surface area contributed by atoms with Crippen molar-refractivity contribution in [3.05, 3.63) is 231 Å². The van der Waals surface area contributed by atoms with Crippen molar-refractivity contribution in [3.8, 4) is 22.5 Å². The summed E-state index contributed by atoms with van der Waals surface area (Å²) in [6.45, 7) is 0. The second-order valence-corrected chi connectivity index (χ2v) is 19.4. The summed E-state index contributed by atoms with van der Waals surface area (Å²) in [4.78, 5) is 5.17. The Balaban J connectivity index is 1.07. The molecule has 0 aliphatic rings. The molecule has 0 N–H and O–H groups in total. The van der Waals surface area contributed by atoms with E-state index in [1.54, 1.807) is 0 Å². The molecule has 0 aliphatic carbocycles. The Morgan fingerprint density at radius 2 is 0.900 bits per heavy atom. The third-order valence-corrected chi connectivity index (χ3v) is 17.2. The maximum absolute atomic E-state index is 5.17. The Morgan fingerprint density at radius 3 is 1.62 bits per heavy atom. The average Bonchev–Trinajstić information content (AvgIpc) is 3.97. The van der Waals surface area contributed by atoms with E-state index in [2.05, 4.69) is 244 Å². The van der Waals surface area contributed by atoms with E-state index in [1.807, 2.05) is 0 Å². The lowest BCUT2D eigenvalue weighted by molar-refractivity contribution is 1.11. The summed E-state index contributed by atoms with van der Waals surface area (Å²) in [5.74, 6) is 0.909. The molecule has 12 aromatic rings. The molecule has 0 amide bonds. The number of para-hydroxylation sites is 6. The van der Waals surface area contributed by atoms with Crippen LogP contribution in [0.15, 0.2) is 231 Å². The molecule has 0 aliphatic heterocycles. The van der Waals surface area contributed by atoms with Crippen LogP contribution < -0.4 is 20.7 Å². The molecule has 0 spiro atoms. The number of aromatic nitrogens is 4. The van der Waals surface area contributed by atoms with Gasteiger partial charge >= 0.3 is 0 Å². The van der Waals surface area contributed by atoms with E-state index >= 15 is 0 Å². The first kappa shape index (κ1) is 34.3. The zero-order valence-electron chi connectivity index (χ0n) is 32.7. The Hall–Kier alpha value is -7.73. The van der Waals surface area contributed by atoms with E-state index in [0.29, 0.717) is 0 Å². The topological polar surface area (TPSA) is 27.2 Å². The minimum absolute atomic E-state index is 0.909. The molecule has 3 heterocycles. The molecular weight excluding hydrogens is 745 g/mol. The van der Waals surface area contributed by atoms with Gasteiger partial charge in [0.05, 0.1) is 38.8 Å². The lowest BCUT2D eigenvalue weighted by Gasteiger charge is -2.34. The summed E-state index contributed by atoms with van der Waals surface area (Å²) in [6, 6.07) is 84.5. The summed E-state index contributed by atoms with van der Waals surface area (Å²) >= 11 is 0. The summed E-state index contributed by atoms with van der Waals surface area (Å²) in [5.41, 5.74) is 11.3. The lowest BCUT2D eigenvalue weighted by Crippen LogP contribution is -2.74. The molecule has 0 saturated carbocycles. The van der Waals surface area contributed by atoms with Gasteiger partial charge in [-0.25, -0.2) is 4.98 Å². The number of benzene rings is 9. The summed E-state index contributed by atoms with van der Waals surface area (Å²) in [5, 5.41) is 7.85. The lowest BCUT2D eigenvalue weighted by atomic mass is 10.0. The molecule has 0 saturated heterocycles. The second kappa shape index (κ2) is 13.7. The van der Waals surface area contributed by atoms with Crippen molar-refractivity contribution in [2.75, 3.05) is 0 Å². The van der Waals surface area contributed by atoms with Gasteiger partial charge in [0.15, 0.2) is 8.07 Å². The first-order valence-corrected chi connectivity index (χ1v) is 22.6. The highest BCUT2D eigenvalue weighted by atomic mass is 28.3. The first-order valence-electron chi connectivity index (χ1n) is 20.6. The van der Waals surface area contributed by atoms with Crippen LogP contribution in [-0.4, -0.2) is 26.6 Å². The maximum Gasteiger partial charge on any atom is 0.220 e. The van der Waals surface area contributed by atoms with Crippen molar-refractivity contribution in [2.24, 2.45) is 0 Å². The van der Waals surface area contributed by atoms with Gasteiger partial charge in [-0.15, -0.1) is 0 Å². The van der Waals surface area contributed by atoms with Crippen LogP contribution in [0.1, 0.15) is 0 Å². The van der Waals surface area contributed by atoms with Gasteiger partial charge in [-0.05, 0) is 80.9 Å². The van der Waals surface area contributed by atoms with E-state index in [1.165, 1.54) is 48.2 Å². The predicted molar refractivity (Wildman–Crippen MR) is 253 cm³/mol. The second-order valence-electron chi connectivity index (χ2n) is 15.6. The van der Waals surface area contributed by atoms with E-state index < -0.39 is 8.07 Å². The van der Waals surface area contributed by atoms with Crippen LogP contribution in [-0.2, 0) is 0 Å². The fraction of sp³-hybridized carbons (Fsp3) is 0. The van der Waals surface area contributed by atoms with Crippen LogP contribution in [0.5, 0.6) is 0 Å². The molecule has 60 heavy (non-hydrogen) atoms. The molecule has 12 rings (SSSR count). The van der Waals surface area contributed by atoms with E-state index in [9.17, 15) is 0 Å². The minimum atomic E-state index is -2.73. The highest BCUT2D eigenvalue weighted by molar-refractivity contribution is 7.19. The fourth-order valence-corrected chi connectivity index (χ4v) is 14.7. The highest BCUT2D eigenvalue weighted by Gasteiger charge is 2.41. The SMILES string of the molecule is c1ccc([Si](c2ccccc2)(c2ccccc2)c2cccc(-c3ccccc3-n3c4ccccc4c4cc(-n5c6ccccc6n6c7ccccc7nc56)ccc43)c2)cc1. The molecule has 4 nitrogen and oxygen atoms in total. The molecular formula is C55H38N4Si. The monoisotopic (exact) mass is 782 g/mol. The zero-order valence-corrected chi connectivity index (χ0v) is 33.7. The van der Waals surface area contributed by atoms with Gasteiger partial charge in [0.25, 0.3) is 0 Å². The van der Waals surface area contributed by atoms with Crippen LogP contribution >= 0.6 is 0 Å². The highest BCUT2D eigenvalue weighted by Crippen LogP contribution is 2.38. The molecule has 0 radical (unpaired) electrons. The number of fused-ring (bicyclic) bond motifs is 8. The standard InChI is InChI=1S/C55H38N4Si/c1-4-20-41(21-5-1)60(42-22-6-2-7-23-42,43-24-8-3-9-25-43)44-26-18-19-39(37-44)45-27-10-13-30-49(45)58-50-31-14-11-28-46(50)47-38-40(35-36-51(47)58)57-53-33-16-17-34-54(53)59-52-32-15-12-29-48(52)56-55(57)59/h1-38H. The van der Waals surface area contributed by atoms with Gasteiger partial charge in [0.1, 0.15) is 0 Å². The molecule has 5 heteroatoms. The molecule has 0 atom stereocenters. The van der Waals surface area contributed by atoms with E-state index in [4.69, 9.17) is 4.98 Å². The number of hydrogen-bond donors (Lipinski definition) is 0. The number of nitrogens with zero attached hydrogens (tertiary/aromatic N) is 4. The van der Waals surface area contributed by atoms with Crippen LogP contribution in [0.3, 0.4) is 0 Å². The van der Waals surface area contributed by atoms with Crippen molar-refractivity contribution in [2.45, 2.75) is 0 Å². The molecule has 0 fully saturated rings. The van der Waals surface area contributed by atoms with Crippen LogP contribution in [0.25, 0.3) is 72.2 Å². The molecule has 9 aromatic carbocycles. The Labute approximate surface area is 348 Å². The average molecular weight is 783 g/mol. The van der Waals surface area contributed by atoms with Crippen molar-refractivity contribution in [1.29, 1.82) is 0 Å². The summed E-state index contributed by atoms with van der Waals surface area (Å²) in [6.07, 6.45) is 0. The summed E-state index contributed by atoms with van der Waals surface area (Å²) < 4.78 is 7.05. The van der Waals surface area contributed by atoms with Crippen LogP contribution in [0.4, 0.5) is 0 Å². The van der Waals surface area contributed by atoms with Crippen molar-refractivity contribution < 1.29 is 0 Å². The van der Waals surface area contributed by atoms with E-state index in [-0.39, 0.29) is 0 Å². The fourth-order valence-electron chi connectivity index (χ4n) is 9.86. The maximum atomic E-state index is 5.17. The largest absolute Gasteiger partial charge is 0.309 e. The van der Waals surface area contributed by atoms with Gasteiger partial charge in [-0.1, -0.05) is 176 Å². The van der Waals surface area contributed by atoms with Gasteiger partial charge in [-0.3, -0.25) is 8.97 Å². The normalized spacial score (nSPS) is 12.0. The van der Waals surface area contributed by atoms with Crippen molar-refractivity contribution in [3.63, 3.8) is 0 Å². The molecule has 0 bridgehead atoms. The van der Waals surface area contributed by atoms with Crippen molar-refractivity contribution >= 4 is 78.5 Å². The quantitative estimate of drug-likeness (QED) is 0.117. The van der Waals surface area contributed by atoms with Gasteiger partial charge < -0.3 is 4.57 Å².